The zero-order chi connectivity index (χ0) is 15.4. The van der Waals surface area contributed by atoms with Crippen LogP contribution >= 0.6 is 0 Å². The molecule has 6 nitrogen and oxygen atoms in total. The second-order valence-corrected chi connectivity index (χ2v) is 6.08. The summed E-state index contributed by atoms with van der Waals surface area (Å²) in [5.41, 5.74) is 0.570. The Bertz CT molecular complexity index is 501. The lowest BCUT2D eigenvalue weighted by atomic mass is 9.96. The maximum Gasteiger partial charge on any atom is 0.317 e. The highest BCUT2D eigenvalue weighted by molar-refractivity contribution is 5.94. The van der Waals surface area contributed by atoms with Gasteiger partial charge < -0.3 is 19.5 Å². The van der Waals surface area contributed by atoms with Gasteiger partial charge in [0.25, 0.3) is 5.91 Å². The summed E-state index contributed by atoms with van der Waals surface area (Å²) in [5, 5.41) is 3.13. The number of furan rings is 1. The van der Waals surface area contributed by atoms with Crippen LogP contribution in [-0.2, 0) is 0 Å². The summed E-state index contributed by atoms with van der Waals surface area (Å²) < 4.78 is 4.95. The zero-order valence-electron chi connectivity index (χ0n) is 12.8. The molecule has 3 amide bonds. The van der Waals surface area contributed by atoms with Crippen LogP contribution in [0, 0.1) is 0 Å². The molecule has 1 saturated carbocycles. The summed E-state index contributed by atoms with van der Waals surface area (Å²) in [4.78, 5) is 28.1. The van der Waals surface area contributed by atoms with Gasteiger partial charge in [-0.1, -0.05) is 19.3 Å². The molecule has 0 bridgehead atoms. The average molecular weight is 305 g/mol. The summed E-state index contributed by atoms with van der Waals surface area (Å²) >= 11 is 0. The van der Waals surface area contributed by atoms with Gasteiger partial charge in [0.05, 0.1) is 11.8 Å². The molecule has 0 atom stereocenters. The van der Waals surface area contributed by atoms with Crippen molar-refractivity contribution >= 4 is 11.9 Å². The van der Waals surface area contributed by atoms with Gasteiger partial charge in [-0.3, -0.25) is 4.79 Å². The van der Waals surface area contributed by atoms with E-state index in [0.29, 0.717) is 37.8 Å². The minimum atomic E-state index is -0.0268. The predicted octanol–water partition coefficient (Wildman–Crippen LogP) is 2.08. The topological polar surface area (TPSA) is 65.8 Å². The van der Waals surface area contributed by atoms with Gasteiger partial charge in [-0.15, -0.1) is 0 Å². The highest BCUT2D eigenvalue weighted by atomic mass is 16.3. The highest BCUT2D eigenvalue weighted by Gasteiger charge is 2.26. The van der Waals surface area contributed by atoms with Gasteiger partial charge >= 0.3 is 6.03 Å². The van der Waals surface area contributed by atoms with Crippen molar-refractivity contribution in [2.75, 3.05) is 26.2 Å². The van der Waals surface area contributed by atoms with Crippen molar-refractivity contribution < 1.29 is 14.0 Å². The summed E-state index contributed by atoms with van der Waals surface area (Å²) in [6.45, 7) is 2.31. The lowest BCUT2D eigenvalue weighted by Gasteiger charge is -2.35. The lowest BCUT2D eigenvalue weighted by molar-refractivity contribution is 0.0662. The molecule has 1 aromatic heterocycles. The minimum absolute atomic E-state index is 0.0160. The van der Waals surface area contributed by atoms with Gasteiger partial charge in [0.1, 0.15) is 6.26 Å². The van der Waals surface area contributed by atoms with Crippen molar-refractivity contribution in [3.63, 3.8) is 0 Å². The van der Waals surface area contributed by atoms with E-state index in [9.17, 15) is 9.59 Å². The van der Waals surface area contributed by atoms with Crippen molar-refractivity contribution in [2.45, 2.75) is 38.1 Å². The van der Waals surface area contributed by atoms with E-state index < -0.39 is 0 Å². The van der Waals surface area contributed by atoms with Crippen LogP contribution in [0.3, 0.4) is 0 Å². The molecule has 2 fully saturated rings. The number of nitrogens with zero attached hydrogens (tertiary/aromatic N) is 2. The number of hydrogen-bond acceptors (Lipinski definition) is 3. The van der Waals surface area contributed by atoms with Crippen molar-refractivity contribution in [3.05, 3.63) is 24.2 Å². The summed E-state index contributed by atoms with van der Waals surface area (Å²) in [5.74, 6) is -0.0268. The van der Waals surface area contributed by atoms with Gasteiger partial charge in [-0.2, -0.15) is 0 Å². The normalized spacial score (nSPS) is 20.0. The minimum Gasteiger partial charge on any atom is -0.472 e. The highest BCUT2D eigenvalue weighted by Crippen LogP contribution is 2.18. The van der Waals surface area contributed by atoms with Crippen LogP contribution in [0.25, 0.3) is 0 Å². The van der Waals surface area contributed by atoms with Crippen molar-refractivity contribution in [2.24, 2.45) is 0 Å². The first-order chi connectivity index (χ1) is 10.7. The van der Waals surface area contributed by atoms with Crippen LogP contribution in [0.15, 0.2) is 23.0 Å². The molecule has 1 aliphatic carbocycles. The summed E-state index contributed by atoms with van der Waals surface area (Å²) in [7, 11) is 0. The molecule has 1 aromatic rings. The third-order valence-electron chi connectivity index (χ3n) is 4.55. The monoisotopic (exact) mass is 305 g/mol. The third-order valence-corrected chi connectivity index (χ3v) is 4.55. The van der Waals surface area contributed by atoms with Gasteiger partial charge in [-0.05, 0) is 18.9 Å². The fourth-order valence-corrected chi connectivity index (χ4v) is 3.19. The lowest BCUT2D eigenvalue weighted by Crippen LogP contribution is -2.54. The standard InChI is InChI=1S/C16H23N3O3/c20-15(13-6-11-22-12-13)18-7-9-19(10-8-18)16(21)17-14-4-2-1-3-5-14/h6,11-12,14H,1-5,7-10H2,(H,17,21). The van der Waals surface area contributed by atoms with Crippen molar-refractivity contribution in [1.29, 1.82) is 0 Å². The number of rotatable bonds is 2. The van der Waals surface area contributed by atoms with Crippen LogP contribution in [0.4, 0.5) is 4.79 Å². The van der Waals surface area contributed by atoms with E-state index >= 15 is 0 Å². The van der Waals surface area contributed by atoms with Gasteiger partial charge in [0.15, 0.2) is 0 Å². The molecular weight excluding hydrogens is 282 g/mol. The quantitative estimate of drug-likeness (QED) is 0.909. The van der Waals surface area contributed by atoms with Crippen LogP contribution in [-0.4, -0.2) is 54.0 Å². The smallest absolute Gasteiger partial charge is 0.317 e. The molecule has 120 valence electrons. The molecule has 22 heavy (non-hydrogen) atoms. The number of carbonyl (C=O) groups excluding carboxylic acids is 2. The van der Waals surface area contributed by atoms with E-state index in [4.69, 9.17) is 4.42 Å². The van der Waals surface area contributed by atoms with Crippen LogP contribution < -0.4 is 5.32 Å². The van der Waals surface area contributed by atoms with E-state index in [-0.39, 0.29) is 11.9 Å². The average Bonchev–Trinajstić information content (AvgIpc) is 3.10. The molecule has 1 aliphatic heterocycles. The number of urea groups is 1. The van der Waals surface area contributed by atoms with Gasteiger partial charge in [-0.25, -0.2) is 4.79 Å². The molecule has 0 spiro atoms. The Morgan fingerprint density at radius 2 is 1.73 bits per heavy atom. The van der Waals surface area contributed by atoms with Crippen LogP contribution in [0.1, 0.15) is 42.5 Å². The fraction of sp³-hybridized carbons (Fsp3) is 0.625. The van der Waals surface area contributed by atoms with Crippen molar-refractivity contribution in [1.82, 2.24) is 15.1 Å². The number of nitrogens with one attached hydrogen (secondary N) is 1. The maximum atomic E-state index is 12.3. The SMILES string of the molecule is O=C(NC1CCCCC1)N1CCN(C(=O)c2ccoc2)CC1. The molecule has 3 rings (SSSR count). The first-order valence-corrected chi connectivity index (χ1v) is 8.11. The molecule has 6 heteroatoms. The summed E-state index contributed by atoms with van der Waals surface area (Å²) in [6.07, 6.45) is 8.83. The molecule has 1 saturated heterocycles. The first-order valence-electron chi connectivity index (χ1n) is 8.11. The second kappa shape index (κ2) is 6.85. The predicted molar refractivity (Wildman–Crippen MR) is 81.6 cm³/mol. The molecule has 2 aliphatic rings. The van der Waals surface area contributed by atoms with Gasteiger partial charge in [0, 0.05) is 32.2 Å². The molecule has 2 heterocycles. The number of carbonyl (C=O) groups is 2. The Kier molecular flexibility index (Phi) is 4.65. The molecule has 0 aromatic carbocycles. The van der Waals surface area contributed by atoms with Crippen molar-refractivity contribution in [3.8, 4) is 0 Å². The first kappa shape index (κ1) is 14.9. The Balaban J connectivity index is 1.46. The summed E-state index contributed by atoms with van der Waals surface area (Å²) in [6, 6.07) is 2.01. The Morgan fingerprint density at radius 3 is 2.36 bits per heavy atom. The van der Waals surface area contributed by atoms with E-state index in [0.717, 1.165) is 12.8 Å². The van der Waals surface area contributed by atoms with E-state index in [1.807, 2.05) is 4.90 Å². The number of hydrogen-bond donors (Lipinski definition) is 1. The van der Waals surface area contributed by atoms with Crippen LogP contribution in [0.5, 0.6) is 0 Å². The van der Waals surface area contributed by atoms with E-state index in [1.165, 1.54) is 31.8 Å². The zero-order valence-corrected chi connectivity index (χ0v) is 12.8. The maximum absolute atomic E-state index is 12.3. The Morgan fingerprint density at radius 1 is 1.05 bits per heavy atom. The van der Waals surface area contributed by atoms with Crippen LogP contribution in [0.2, 0.25) is 0 Å². The number of piperazine rings is 1. The fourth-order valence-electron chi connectivity index (χ4n) is 3.19. The number of amides is 3. The van der Waals surface area contributed by atoms with E-state index in [1.54, 1.807) is 11.0 Å². The molecule has 0 unspecified atom stereocenters. The Hall–Kier alpha value is -1.98. The van der Waals surface area contributed by atoms with Gasteiger partial charge in [0.2, 0.25) is 0 Å². The Labute approximate surface area is 130 Å². The largest absolute Gasteiger partial charge is 0.472 e. The second-order valence-electron chi connectivity index (χ2n) is 6.08. The molecule has 1 N–H and O–H groups in total. The van der Waals surface area contributed by atoms with E-state index in [2.05, 4.69) is 5.32 Å². The third kappa shape index (κ3) is 3.43. The molecular formula is C16H23N3O3. The molecule has 0 radical (unpaired) electrons.